The fourth-order valence-corrected chi connectivity index (χ4v) is 1.41. The third kappa shape index (κ3) is 3.21. The largest absolute Gasteiger partial charge is 0.507 e. The minimum absolute atomic E-state index is 0.0790. The molecule has 3 N–H and O–H groups in total. The van der Waals surface area contributed by atoms with E-state index in [9.17, 15) is 14.7 Å². The highest BCUT2D eigenvalue weighted by molar-refractivity contribution is 5.98. The SMILES string of the molecule is CCC(NC(=O)c1ccc(C)cc1O)C(=O)O. The van der Waals surface area contributed by atoms with Crippen molar-refractivity contribution in [2.24, 2.45) is 0 Å². The molecule has 0 aliphatic heterocycles. The summed E-state index contributed by atoms with van der Waals surface area (Å²) in [6.45, 7) is 3.45. The van der Waals surface area contributed by atoms with Crippen molar-refractivity contribution in [3.8, 4) is 5.75 Å². The Balaban J connectivity index is 2.86. The van der Waals surface area contributed by atoms with Crippen molar-refractivity contribution in [3.05, 3.63) is 29.3 Å². The molecule has 0 fully saturated rings. The fraction of sp³-hybridized carbons (Fsp3) is 0.333. The van der Waals surface area contributed by atoms with Gasteiger partial charge in [0.05, 0.1) is 5.56 Å². The third-order valence-electron chi connectivity index (χ3n) is 2.41. The lowest BCUT2D eigenvalue weighted by Crippen LogP contribution is -2.40. The minimum atomic E-state index is -1.09. The molecule has 0 aromatic heterocycles. The quantitative estimate of drug-likeness (QED) is 0.736. The number of rotatable bonds is 4. The average molecular weight is 237 g/mol. The molecule has 0 heterocycles. The van der Waals surface area contributed by atoms with Crippen molar-refractivity contribution in [2.45, 2.75) is 26.3 Å². The normalized spacial score (nSPS) is 11.9. The number of aromatic hydroxyl groups is 1. The fourth-order valence-electron chi connectivity index (χ4n) is 1.41. The van der Waals surface area contributed by atoms with Crippen LogP contribution in [0.25, 0.3) is 0 Å². The smallest absolute Gasteiger partial charge is 0.326 e. The average Bonchev–Trinajstić information content (AvgIpc) is 2.24. The number of carboxylic acids is 1. The van der Waals surface area contributed by atoms with E-state index in [2.05, 4.69) is 5.32 Å². The van der Waals surface area contributed by atoms with Gasteiger partial charge in [0, 0.05) is 0 Å². The summed E-state index contributed by atoms with van der Waals surface area (Å²) in [7, 11) is 0. The number of aliphatic carboxylic acids is 1. The molecule has 0 aliphatic carbocycles. The monoisotopic (exact) mass is 237 g/mol. The van der Waals surface area contributed by atoms with E-state index < -0.39 is 17.9 Å². The van der Waals surface area contributed by atoms with Crippen LogP contribution in [0.3, 0.4) is 0 Å². The van der Waals surface area contributed by atoms with Gasteiger partial charge in [0.15, 0.2) is 0 Å². The number of hydrogen-bond donors (Lipinski definition) is 3. The zero-order valence-corrected chi connectivity index (χ0v) is 9.73. The Morgan fingerprint density at radius 2 is 2.06 bits per heavy atom. The maximum Gasteiger partial charge on any atom is 0.326 e. The number of carbonyl (C=O) groups excluding carboxylic acids is 1. The molecule has 1 rings (SSSR count). The van der Waals surface area contributed by atoms with Gasteiger partial charge in [-0.05, 0) is 31.0 Å². The maximum absolute atomic E-state index is 11.7. The number of benzene rings is 1. The summed E-state index contributed by atoms with van der Waals surface area (Å²) in [5.41, 5.74) is 0.902. The molecule has 17 heavy (non-hydrogen) atoms. The Bertz CT molecular complexity index is 442. The molecule has 1 aromatic carbocycles. The predicted molar refractivity (Wildman–Crippen MR) is 62.0 cm³/mol. The summed E-state index contributed by atoms with van der Waals surface area (Å²) in [5.74, 6) is -1.83. The number of carbonyl (C=O) groups is 2. The van der Waals surface area contributed by atoms with Crippen molar-refractivity contribution in [1.29, 1.82) is 0 Å². The molecular formula is C12H15NO4. The first-order valence-corrected chi connectivity index (χ1v) is 5.29. The van der Waals surface area contributed by atoms with Crippen LogP contribution in [-0.2, 0) is 4.79 Å². The van der Waals surface area contributed by atoms with E-state index in [1.807, 2.05) is 0 Å². The van der Waals surface area contributed by atoms with Gasteiger partial charge in [-0.15, -0.1) is 0 Å². The molecule has 5 nitrogen and oxygen atoms in total. The van der Waals surface area contributed by atoms with Crippen LogP contribution >= 0.6 is 0 Å². The molecule has 1 unspecified atom stereocenters. The number of amides is 1. The van der Waals surface area contributed by atoms with Crippen LogP contribution < -0.4 is 5.32 Å². The summed E-state index contributed by atoms with van der Waals surface area (Å²) in [6.07, 6.45) is 0.285. The Morgan fingerprint density at radius 3 is 2.53 bits per heavy atom. The Kier molecular flexibility index (Phi) is 4.09. The summed E-state index contributed by atoms with van der Waals surface area (Å²) >= 11 is 0. The van der Waals surface area contributed by atoms with Gasteiger partial charge in [0.1, 0.15) is 11.8 Å². The lowest BCUT2D eigenvalue weighted by molar-refractivity contribution is -0.139. The van der Waals surface area contributed by atoms with Gasteiger partial charge in [-0.2, -0.15) is 0 Å². The second-order valence-electron chi connectivity index (χ2n) is 3.79. The van der Waals surface area contributed by atoms with Crippen LogP contribution in [0.4, 0.5) is 0 Å². The van der Waals surface area contributed by atoms with Gasteiger partial charge in [-0.25, -0.2) is 4.79 Å². The van der Waals surface area contributed by atoms with Gasteiger partial charge in [-0.1, -0.05) is 13.0 Å². The van der Waals surface area contributed by atoms with Crippen LogP contribution in [0, 0.1) is 6.92 Å². The molecule has 1 amide bonds. The van der Waals surface area contributed by atoms with Crippen LogP contribution in [0.1, 0.15) is 29.3 Å². The number of phenols is 1. The van der Waals surface area contributed by atoms with E-state index in [-0.39, 0.29) is 17.7 Å². The molecule has 0 spiro atoms. The van der Waals surface area contributed by atoms with Gasteiger partial charge in [0.25, 0.3) is 5.91 Å². The summed E-state index contributed by atoms with van der Waals surface area (Å²) in [5, 5.41) is 20.7. The first kappa shape index (κ1) is 13.0. The van der Waals surface area contributed by atoms with Crippen LogP contribution in [0.5, 0.6) is 5.75 Å². The van der Waals surface area contributed by atoms with E-state index in [1.165, 1.54) is 12.1 Å². The van der Waals surface area contributed by atoms with E-state index in [1.54, 1.807) is 19.9 Å². The highest BCUT2D eigenvalue weighted by atomic mass is 16.4. The standard InChI is InChI=1S/C12H15NO4/c1-3-9(12(16)17)13-11(15)8-5-4-7(2)6-10(8)14/h4-6,9,14H,3H2,1-2H3,(H,13,15)(H,16,17). The number of phenolic OH excluding ortho intramolecular Hbond substituents is 1. The molecule has 0 aliphatic rings. The summed E-state index contributed by atoms with van der Waals surface area (Å²) in [6, 6.07) is 3.66. The van der Waals surface area contributed by atoms with Crippen molar-refractivity contribution < 1.29 is 19.8 Å². The predicted octanol–water partition coefficient (Wildman–Crippen LogP) is 1.29. The molecule has 0 radical (unpaired) electrons. The Hall–Kier alpha value is -2.04. The second-order valence-corrected chi connectivity index (χ2v) is 3.79. The van der Waals surface area contributed by atoms with Crippen molar-refractivity contribution in [3.63, 3.8) is 0 Å². The van der Waals surface area contributed by atoms with Crippen molar-refractivity contribution in [2.75, 3.05) is 0 Å². The highest BCUT2D eigenvalue weighted by Crippen LogP contribution is 2.18. The first-order chi connectivity index (χ1) is 7.95. The number of carboxylic acid groups (broad SMARTS) is 1. The van der Waals surface area contributed by atoms with E-state index in [4.69, 9.17) is 5.11 Å². The third-order valence-corrected chi connectivity index (χ3v) is 2.41. The molecule has 1 atom stereocenters. The van der Waals surface area contributed by atoms with Crippen LogP contribution in [-0.4, -0.2) is 28.1 Å². The zero-order chi connectivity index (χ0) is 13.0. The van der Waals surface area contributed by atoms with E-state index in [0.717, 1.165) is 5.56 Å². The summed E-state index contributed by atoms with van der Waals surface area (Å²) in [4.78, 5) is 22.5. The lowest BCUT2D eigenvalue weighted by Gasteiger charge is -2.13. The molecule has 0 bridgehead atoms. The number of hydrogen-bond acceptors (Lipinski definition) is 3. The number of nitrogens with one attached hydrogen (secondary N) is 1. The van der Waals surface area contributed by atoms with Gasteiger partial charge in [0.2, 0.25) is 0 Å². The molecule has 1 aromatic rings. The molecular weight excluding hydrogens is 222 g/mol. The van der Waals surface area contributed by atoms with Crippen molar-refractivity contribution >= 4 is 11.9 Å². The number of aryl methyl sites for hydroxylation is 1. The Labute approximate surface area is 99.1 Å². The van der Waals surface area contributed by atoms with Gasteiger partial charge < -0.3 is 15.5 Å². The van der Waals surface area contributed by atoms with Crippen molar-refractivity contribution in [1.82, 2.24) is 5.32 Å². The summed E-state index contributed by atoms with van der Waals surface area (Å²) < 4.78 is 0. The van der Waals surface area contributed by atoms with Gasteiger partial charge in [-0.3, -0.25) is 4.79 Å². The zero-order valence-electron chi connectivity index (χ0n) is 9.73. The van der Waals surface area contributed by atoms with E-state index >= 15 is 0 Å². The molecule has 0 saturated carbocycles. The molecule has 0 saturated heterocycles. The lowest BCUT2D eigenvalue weighted by atomic mass is 10.1. The van der Waals surface area contributed by atoms with E-state index in [0.29, 0.717) is 0 Å². The highest BCUT2D eigenvalue weighted by Gasteiger charge is 2.20. The van der Waals surface area contributed by atoms with Gasteiger partial charge >= 0.3 is 5.97 Å². The minimum Gasteiger partial charge on any atom is -0.507 e. The first-order valence-electron chi connectivity index (χ1n) is 5.29. The van der Waals surface area contributed by atoms with Crippen LogP contribution in [0.2, 0.25) is 0 Å². The topological polar surface area (TPSA) is 86.6 Å². The molecule has 5 heteroatoms. The second kappa shape index (κ2) is 5.34. The maximum atomic E-state index is 11.7. The molecule has 92 valence electrons. The van der Waals surface area contributed by atoms with Crippen LogP contribution in [0.15, 0.2) is 18.2 Å². The Morgan fingerprint density at radius 1 is 1.41 bits per heavy atom.